The van der Waals surface area contributed by atoms with E-state index in [0.717, 1.165) is 27.6 Å². The minimum atomic E-state index is 0.913. The van der Waals surface area contributed by atoms with Gasteiger partial charge >= 0.3 is 0 Å². The number of nitrogens with zero attached hydrogens (tertiary/aromatic N) is 2. The van der Waals surface area contributed by atoms with Crippen LogP contribution >= 0.6 is 0 Å². The minimum absolute atomic E-state index is 0.913. The zero-order valence-electron chi connectivity index (χ0n) is 8.72. The van der Waals surface area contributed by atoms with Gasteiger partial charge < -0.3 is 0 Å². The first-order valence-corrected chi connectivity index (χ1v) is 5.16. The van der Waals surface area contributed by atoms with Gasteiger partial charge in [0.1, 0.15) is 0 Å². The largest absolute Gasteiger partial charge is 0.244 e. The zero-order chi connectivity index (χ0) is 11.0. The monoisotopic (exact) mass is 206 g/mol. The number of hydrogen-bond acceptors (Lipinski definition) is 2. The van der Waals surface area contributed by atoms with E-state index in [-0.39, 0.29) is 0 Å². The molecule has 1 heterocycles. The van der Waals surface area contributed by atoms with Gasteiger partial charge in [0.25, 0.3) is 0 Å². The second-order valence-electron chi connectivity index (χ2n) is 3.63. The van der Waals surface area contributed by atoms with E-state index in [9.17, 15) is 0 Å². The highest BCUT2D eigenvalue weighted by atomic mass is 14.8. The molecule has 0 amide bonds. The average Bonchev–Trinajstić information content (AvgIpc) is 2.35. The van der Waals surface area contributed by atoms with Gasteiger partial charge in [-0.05, 0) is 18.2 Å². The lowest BCUT2D eigenvalue weighted by molar-refractivity contribution is 1.39. The van der Waals surface area contributed by atoms with Crippen LogP contribution in [0.5, 0.6) is 0 Å². The third-order valence-electron chi connectivity index (χ3n) is 2.62. The maximum Gasteiger partial charge on any atom is 0.0966 e. The average molecular weight is 206 g/mol. The van der Waals surface area contributed by atoms with Crippen LogP contribution in [-0.4, -0.2) is 9.97 Å². The Bertz CT molecular complexity index is 686. The van der Waals surface area contributed by atoms with Crippen molar-refractivity contribution in [3.8, 4) is 0 Å². The number of hydrogen-bond donors (Lipinski definition) is 0. The summed E-state index contributed by atoms with van der Waals surface area (Å²) in [6.07, 6.45) is 1.81. The Kier molecular flexibility index (Phi) is 1.93. The summed E-state index contributed by atoms with van der Waals surface area (Å²) < 4.78 is 0. The van der Waals surface area contributed by atoms with Crippen LogP contribution in [0.4, 0.5) is 0 Å². The van der Waals surface area contributed by atoms with E-state index in [2.05, 4.69) is 16.5 Å². The van der Waals surface area contributed by atoms with Gasteiger partial charge in [-0.2, -0.15) is 0 Å². The quantitative estimate of drug-likeness (QED) is 0.570. The molecule has 0 saturated heterocycles. The molecule has 0 aliphatic carbocycles. The molecule has 1 aromatic heterocycles. The van der Waals surface area contributed by atoms with E-state index in [0.29, 0.717) is 0 Å². The van der Waals surface area contributed by atoms with Crippen molar-refractivity contribution in [1.29, 1.82) is 0 Å². The topological polar surface area (TPSA) is 25.8 Å². The van der Waals surface area contributed by atoms with Crippen LogP contribution in [0, 0.1) is 0 Å². The third-order valence-corrected chi connectivity index (χ3v) is 2.62. The Morgan fingerprint density at radius 1 is 0.812 bits per heavy atom. The van der Waals surface area contributed by atoms with Gasteiger partial charge in [-0.25, -0.2) is 9.97 Å². The van der Waals surface area contributed by atoms with Crippen LogP contribution in [0.3, 0.4) is 0 Å². The molecule has 0 saturated carbocycles. The molecular formula is C14H10N2. The van der Waals surface area contributed by atoms with Crippen LogP contribution in [0.25, 0.3) is 28.1 Å². The summed E-state index contributed by atoms with van der Waals surface area (Å²) in [6, 6.07) is 13.8. The van der Waals surface area contributed by atoms with Crippen molar-refractivity contribution in [3.05, 3.63) is 54.6 Å². The van der Waals surface area contributed by atoms with E-state index in [4.69, 9.17) is 0 Å². The van der Waals surface area contributed by atoms with E-state index in [1.54, 1.807) is 0 Å². The zero-order valence-corrected chi connectivity index (χ0v) is 8.72. The normalized spacial score (nSPS) is 10.8. The first-order chi connectivity index (χ1) is 7.88. The van der Waals surface area contributed by atoms with Crippen LogP contribution < -0.4 is 0 Å². The summed E-state index contributed by atoms with van der Waals surface area (Å²) in [5, 5.41) is 0. The van der Waals surface area contributed by atoms with Crippen LogP contribution in [0.15, 0.2) is 49.0 Å². The van der Waals surface area contributed by atoms with E-state index >= 15 is 0 Å². The lowest BCUT2D eigenvalue weighted by atomic mass is 10.1. The molecule has 0 aliphatic heterocycles. The smallest absolute Gasteiger partial charge is 0.0966 e. The maximum absolute atomic E-state index is 4.61. The molecule has 0 fully saturated rings. The van der Waals surface area contributed by atoms with Crippen molar-refractivity contribution in [2.45, 2.75) is 0 Å². The number of para-hydroxylation sites is 3. The van der Waals surface area contributed by atoms with E-state index in [1.807, 2.05) is 48.5 Å². The summed E-state index contributed by atoms with van der Waals surface area (Å²) in [7, 11) is 0. The van der Waals surface area contributed by atoms with Crippen LogP contribution in [0.1, 0.15) is 5.56 Å². The summed E-state index contributed by atoms with van der Waals surface area (Å²) in [5.41, 5.74) is 4.70. The van der Waals surface area contributed by atoms with E-state index in [1.165, 1.54) is 0 Å². The molecule has 0 N–H and O–H groups in total. The molecule has 0 atom stereocenters. The molecule has 0 aliphatic rings. The van der Waals surface area contributed by atoms with Crippen LogP contribution in [0.2, 0.25) is 0 Å². The fraction of sp³-hybridized carbons (Fsp3) is 0. The summed E-state index contributed by atoms with van der Waals surface area (Å²) in [4.78, 5) is 9.19. The van der Waals surface area contributed by atoms with Gasteiger partial charge in [-0.1, -0.05) is 36.9 Å². The third kappa shape index (κ3) is 1.27. The fourth-order valence-corrected chi connectivity index (χ4v) is 1.83. The molecule has 16 heavy (non-hydrogen) atoms. The number of aromatic nitrogens is 2. The van der Waals surface area contributed by atoms with Crippen molar-refractivity contribution >= 4 is 28.1 Å². The van der Waals surface area contributed by atoms with Crippen molar-refractivity contribution in [2.24, 2.45) is 0 Å². The van der Waals surface area contributed by atoms with Crippen LogP contribution in [-0.2, 0) is 0 Å². The molecule has 0 radical (unpaired) electrons. The van der Waals surface area contributed by atoms with E-state index < -0.39 is 0 Å². The predicted octanol–water partition coefficient (Wildman–Crippen LogP) is 3.43. The second kappa shape index (κ2) is 3.42. The molecule has 0 unspecified atom stereocenters. The number of fused-ring (bicyclic) bond motifs is 2. The molecule has 0 bridgehead atoms. The van der Waals surface area contributed by atoms with Gasteiger partial charge in [-0.15, -0.1) is 0 Å². The first kappa shape index (κ1) is 9.04. The first-order valence-electron chi connectivity index (χ1n) is 5.16. The molecule has 0 spiro atoms. The van der Waals surface area contributed by atoms with Crippen molar-refractivity contribution < 1.29 is 0 Å². The Labute approximate surface area is 93.3 Å². The molecule has 2 heteroatoms. The Morgan fingerprint density at radius 3 is 2.25 bits per heavy atom. The maximum atomic E-state index is 4.61. The van der Waals surface area contributed by atoms with Gasteiger partial charge in [0.2, 0.25) is 0 Å². The Hall–Kier alpha value is -2.22. The lowest BCUT2D eigenvalue weighted by Crippen LogP contribution is -1.88. The van der Waals surface area contributed by atoms with Gasteiger partial charge in [0.05, 0.1) is 22.1 Å². The second-order valence-corrected chi connectivity index (χ2v) is 3.63. The Morgan fingerprint density at radius 2 is 1.50 bits per heavy atom. The highest BCUT2D eigenvalue weighted by Crippen LogP contribution is 2.19. The lowest BCUT2D eigenvalue weighted by Gasteiger charge is -2.02. The summed E-state index contributed by atoms with van der Waals surface area (Å²) >= 11 is 0. The molecule has 3 aromatic rings. The molecule has 76 valence electrons. The highest BCUT2D eigenvalue weighted by Gasteiger charge is 2.02. The SMILES string of the molecule is C=Cc1cccc2nc3ccccc3nc12. The van der Waals surface area contributed by atoms with Crippen molar-refractivity contribution in [3.63, 3.8) is 0 Å². The number of rotatable bonds is 1. The summed E-state index contributed by atoms with van der Waals surface area (Å²) in [5.74, 6) is 0. The van der Waals surface area contributed by atoms with Crippen molar-refractivity contribution in [1.82, 2.24) is 9.97 Å². The standard InChI is InChI=1S/C14H10N2/c1-2-10-6-5-9-13-14(10)16-12-8-4-3-7-11(12)15-13/h2-9H,1H2. The highest BCUT2D eigenvalue weighted by molar-refractivity contribution is 5.90. The molecule has 2 nitrogen and oxygen atoms in total. The summed E-state index contributed by atoms with van der Waals surface area (Å²) in [6.45, 7) is 3.79. The minimum Gasteiger partial charge on any atom is -0.244 e. The van der Waals surface area contributed by atoms with Crippen molar-refractivity contribution in [2.75, 3.05) is 0 Å². The fourth-order valence-electron chi connectivity index (χ4n) is 1.83. The Balaban J connectivity index is 2.51. The molecule has 2 aromatic carbocycles. The molecule has 3 rings (SSSR count). The molecular weight excluding hydrogens is 196 g/mol. The number of benzene rings is 2. The van der Waals surface area contributed by atoms with Gasteiger partial charge in [0.15, 0.2) is 0 Å². The van der Waals surface area contributed by atoms with Gasteiger partial charge in [-0.3, -0.25) is 0 Å². The predicted molar refractivity (Wildman–Crippen MR) is 67.1 cm³/mol. The van der Waals surface area contributed by atoms with Gasteiger partial charge in [0, 0.05) is 5.56 Å².